The Balaban J connectivity index is 4.83. The second-order valence-electron chi connectivity index (χ2n) is 2.61. The average molecular weight is 194 g/mol. The summed E-state index contributed by atoms with van der Waals surface area (Å²) in [4.78, 5) is 0. The van der Waals surface area contributed by atoms with Crippen LogP contribution in [0.15, 0.2) is 0 Å². The van der Waals surface area contributed by atoms with Gasteiger partial charge in [0.25, 0.3) is 12.3 Å². The maximum atomic E-state index is 12.3. The van der Waals surface area contributed by atoms with Crippen LogP contribution in [0.4, 0.5) is 26.3 Å². The van der Waals surface area contributed by atoms with Crippen LogP contribution in [0.1, 0.15) is 6.92 Å². The van der Waals surface area contributed by atoms with Gasteiger partial charge in [-0.15, -0.1) is 0 Å². The fraction of sp³-hybridized carbons (Fsp3) is 1.00. The highest BCUT2D eigenvalue weighted by atomic mass is 19.3. The lowest BCUT2D eigenvalue weighted by Gasteiger charge is -2.32. The fourth-order valence-corrected chi connectivity index (χ4v) is 0.579. The number of hydrogen-bond acceptors (Lipinski definition) is 0. The van der Waals surface area contributed by atoms with E-state index < -0.39 is 31.1 Å². The monoisotopic (exact) mass is 194 g/mol. The van der Waals surface area contributed by atoms with Gasteiger partial charge in [0.2, 0.25) is 0 Å². The predicted octanol–water partition coefficient (Wildman–Crippen LogP) is 2.83. The highest BCUT2D eigenvalue weighted by Crippen LogP contribution is 2.42. The molecule has 0 saturated heterocycles. The summed E-state index contributed by atoms with van der Waals surface area (Å²) in [6, 6.07) is 0. The van der Waals surface area contributed by atoms with Gasteiger partial charge in [0.1, 0.15) is 13.3 Å². The summed E-state index contributed by atoms with van der Waals surface area (Å²) in [5, 5.41) is 0. The molecule has 0 aromatic heterocycles. The summed E-state index contributed by atoms with van der Waals surface area (Å²) in [6.07, 6.45) is -3.72. The van der Waals surface area contributed by atoms with Gasteiger partial charge in [0, 0.05) is 6.92 Å². The van der Waals surface area contributed by atoms with Crippen molar-refractivity contribution in [2.45, 2.75) is 19.3 Å². The van der Waals surface area contributed by atoms with Gasteiger partial charge in [0.05, 0.1) is 0 Å². The van der Waals surface area contributed by atoms with Crippen molar-refractivity contribution in [1.82, 2.24) is 0 Å². The number of hydrogen-bond donors (Lipinski definition) is 0. The molecule has 0 radical (unpaired) electrons. The summed E-state index contributed by atoms with van der Waals surface area (Å²) < 4.78 is 72.2. The van der Waals surface area contributed by atoms with E-state index in [0.717, 1.165) is 0 Å². The lowest BCUT2D eigenvalue weighted by Crippen LogP contribution is -2.48. The highest BCUT2D eigenvalue weighted by Gasteiger charge is 2.57. The Labute approximate surface area is 65.6 Å². The van der Waals surface area contributed by atoms with Gasteiger partial charge in [-0.2, -0.15) is 0 Å². The molecule has 0 N–H and O–H groups in total. The van der Waals surface area contributed by atoms with E-state index in [1.165, 1.54) is 0 Å². The van der Waals surface area contributed by atoms with Crippen LogP contribution in [0.25, 0.3) is 0 Å². The fourth-order valence-electron chi connectivity index (χ4n) is 0.579. The zero-order chi connectivity index (χ0) is 9.99. The Hall–Kier alpha value is -0.420. The quantitative estimate of drug-likeness (QED) is 0.603. The number of alkyl halides is 6. The molecular weight excluding hydrogens is 186 g/mol. The largest absolute Gasteiger partial charge is 0.261 e. The summed E-state index contributed by atoms with van der Waals surface area (Å²) in [6.45, 7) is -4.08. The first-order valence-corrected chi connectivity index (χ1v) is 3.09. The first kappa shape index (κ1) is 11.6. The van der Waals surface area contributed by atoms with Crippen LogP contribution < -0.4 is 0 Å². The number of rotatable bonds is 4. The molecule has 12 heavy (non-hydrogen) atoms. The topological polar surface area (TPSA) is 0 Å². The predicted molar refractivity (Wildman–Crippen MR) is 31.0 cm³/mol. The molecule has 0 aliphatic carbocycles. The standard InChI is InChI=1S/C6H8F6/c1-5(11,12)6(2-7,3-8)4(9)10/h4H,2-3H2,1H3. The molecule has 0 aliphatic heterocycles. The molecule has 0 nitrogen and oxygen atoms in total. The van der Waals surface area contributed by atoms with E-state index >= 15 is 0 Å². The van der Waals surface area contributed by atoms with E-state index in [1.54, 1.807) is 0 Å². The first-order chi connectivity index (χ1) is 5.31. The zero-order valence-corrected chi connectivity index (χ0v) is 6.26. The smallest absolute Gasteiger partial charge is 0.250 e. The van der Waals surface area contributed by atoms with Crippen molar-refractivity contribution in [3.63, 3.8) is 0 Å². The van der Waals surface area contributed by atoms with Crippen LogP contribution in [0, 0.1) is 5.41 Å². The third-order valence-corrected chi connectivity index (χ3v) is 1.77. The van der Waals surface area contributed by atoms with E-state index in [4.69, 9.17) is 0 Å². The van der Waals surface area contributed by atoms with Crippen molar-refractivity contribution in [1.29, 1.82) is 0 Å². The maximum absolute atomic E-state index is 12.3. The molecule has 0 saturated carbocycles. The molecule has 0 spiro atoms. The van der Waals surface area contributed by atoms with Gasteiger partial charge in [-0.3, -0.25) is 0 Å². The van der Waals surface area contributed by atoms with E-state index in [0.29, 0.717) is 0 Å². The first-order valence-electron chi connectivity index (χ1n) is 3.09. The van der Waals surface area contributed by atoms with Crippen LogP contribution in [-0.2, 0) is 0 Å². The van der Waals surface area contributed by atoms with Gasteiger partial charge in [-0.05, 0) is 0 Å². The number of halogens is 6. The van der Waals surface area contributed by atoms with Crippen LogP contribution in [-0.4, -0.2) is 25.7 Å². The third kappa shape index (κ3) is 1.67. The van der Waals surface area contributed by atoms with Crippen molar-refractivity contribution in [2.75, 3.05) is 13.3 Å². The van der Waals surface area contributed by atoms with Gasteiger partial charge in [0.15, 0.2) is 5.41 Å². The minimum atomic E-state index is -4.06. The van der Waals surface area contributed by atoms with Crippen molar-refractivity contribution >= 4 is 0 Å². The minimum absolute atomic E-state index is 0.0817. The molecular formula is C6H8F6. The molecule has 74 valence electrons. The molecule has 0 amide bonds. The molecule has 6 heteroatoms. The second-order valence-corrected chi connectivity index (χ2v) is 2.61. The Bertz CT molecular complexity index is 133. The molecule has 0 aromatic carbocycles. The molecule has 0 bridgehead atoms. The summed E-state index contributed by atoms with van der Waals surface area (Å²) in [5.41, 5.74) is -3.48. The Morgan fingerprint density at radius 2 is 1.42 bits per heavy atom. The molecule has 0 fully saturated rings. The van der Waals surface area contributed by atoms with Gasteiger partial charge >= 0.3 is 0 Å². The summed E-state index contributed by atoms with van der Waals surface area (Å²) in [5.74, 6) is -4.06. The third-order valence-electron chi connectivity index (χ3n) is 1.77. The van der Waals surface area contributed by atoms with E-state index in [9.17, 15) is 26.3 Å². The SMILES string of the molecule is CC(F)(F)C(CF)(CF)C(F)F. The summed E-state index contributed by atoms with van der Waals surface area (Å²) in [7, 11) is 0. The van der Waals surface area contributed by atoms with Gasteiger partial charge in [-0.1, -0.05) is 0 Å². The Kier molecular flexibility index (Phi) is 3.41. The van der Waals surface area contributed by atoms with Crippen molar-refractivity contribution in [2.24, 2.45) is 5.41 Å². The van der Waals surface area contributed by atoms with Crippen LogP contribution in [0.2, 0.25) is 0 Å². The van der Waals surface area contributed by atoms with Crippen LogP contribution in [0.3, 0.4) is 0 Å². The molecule has 0 atom stereocenters. The van der Waals surface area contributed by atoms with Crippen LogP contribution in [0.5, 0.6) is 0 Å². The normalized spacial score (nSPS) is 14.0. The Morgan fingerprint density at radius 1 is 1.08 bits per heavy atom. The Morgan fingerprint density at radius 3 is 1.42 bits per heavy atom. The minimum Gasteiger partial charge on any atom is -0.250 e. The zero-order valence-electron chi connectivity index (χ0n) is 6.26. The van der Waals surface area contributed by atoms with Crippen molar-refractivity contribution in [3.05, 3.63) is 0 Å². The molecule has 0 rings (SSSR count). The summed E-state index contributed by atoms with van der Waals surface area (Å²) >= 11 is 0. The van der Waals surface area contributed by atoms with E-state index in [-0.39, 0.29) is 6.92 Å². The molecule has 0 aliphatic rings. The highest BCUT2D eigenvalue weighted by molar-refractivity contribution is 4.91. The van der Waals surface area contributed by atoms with E-state index in [2.05, 4.69) is 0 Å². The lowest BCUT2D eigenvalue weighted by atomic mass is 9.85. The van der Waals surface area contributed by atoms with Crippen LogP contribution >= 0.6 is 0 Å². The average Bonchev–Trinajstić information content (AvgIpc) is 1.87. The van der Waals surface area contributed by atoms with E-state index in [1.807, 2.05) is 0 Å². The maximum Gasteiger partial charge on any atom is 0.261 e. The van der Waals surface area contributed by atoms with Crippen molar-refractivity contribution < 1.29 is 26.3 Å². The molecule has 0 unspecified atom stereocenters. The van der Waals surface area contributed by atoms with Gasteiger partial charge < -0.3 is 0 Å². The lowest BCUT2D eigenvalue weighted by molar-refractivity contribution is -0.191. The molecule has 0 heterocycles. The second kappa shape index (κ2) is 3.53. The van der Waals surface area contributed by atoms with Crippen molar-refractivity contribution in [3.8, 4) is 0 Å². The van der Waals surface area contributed by atoms with Gasteiger partial charge in [-0.25, -0.2) is 26.3 Å². The molecule has 0 aromatic rings.